The summed E-state index contributed by atoms with van der Waals surface area (Å²) in [6.45, 7) is -1.30. The van der Waals surface area contributed by atoms with Gasteiger partial charge in [-0.25, -0.2) is 14.8 Å². The lowest BCUT2D eigenvalue weighted by Crippen LogP contribution is -2.35. The molecule has 0 unspecified atom stereocenters. The van der Waals surface area contributed by atoms with Gasteiger partial charge in [-0.15, -0.1) is 0 Å². The van der Waals surface area contributed by atoms with Crippen molar-refractivity contribution < 1.29 is 41.0 Å². The number of hydrogen-bond donors (Lipinski definition) is 0. The monoisotopic (exact) mass is 461 g/mol. The first kappa shape index (κ1) is 23.6. The van der Waals surface area contributed by atoms with Crippen LogP contribution in [0.3, 0.4) is 0 Å². The molecular formula is C20H20F5N3O4. The fourth-order valence-corrected chi connectivity index (χ4v) is 3.25. The Kier molecular flexibility index (Phi) is 7.44. The highest BCUT2D eigenvalue weighted by Crippen LogP contribution is 2.32. The molecule has 0 N–H and O–H groups in total. The van der Waals surface area contributed by atoms with Crippen molar-refractivity contribution in [2.45, 2.75) is 38.3 Å². The number of anilines is 1. The lowest BCUT2D eigenvalue weighted by atomic mass is 10.2. The third-order valence-electron chi connectivity index (χ3n) is 4.68. The third-order valence-corrected chi connectivity index (χ3v) is 4.68. The van der Waals surface area contributed by atoms with Crippen molar-refractivity contribution in [3.05, 3.63) is 47.8 Å². The molecule has 2 aromatic rings. The van der Waals surface area contributed by atoms with Crippen molar-refractivity contribution in [3.63, 3.8) is 0 Å². The first-order chi connectivity index (χ1) is 15.2. The normalized spacial score (nSPS) is 18.8. The van der Waals surface area contributed by atoms with Crippen LogP contribution < -0.4 is 9.64 Å². The highest BCUT2D eigenvalue weighted by molar-refractivity contribution is 5.88. The minimum atomic E-state index is -4.46. The number of rotatable bonds is 8. The second-order valence-corrected chi connectivity index (χ2v) is 6.89. The molecule has 0 amide bonds. The van der Waals surface area contributed by atoms with Gasteiger partial charge in [0.1, 0.15) is 11.9 Å². The van der Waals surface area contributed by atoms with Gasteiger partial charge in [-0.1, -0.05) is 0 Å². The summed E-state index contributed by atoms with van der Waals surface area (Å²) in [5, 5.41) is 0. The number of carbonyl (C=O) groups excluding carboxylic acids is 1. The zero-order valence-electron chi connectivity index (χ0n) is 16.9. The van der Waals surface area contributed by atoms with Crippen LogP contribution >= 0.6 is 0 Å². The molecule has 1 fully saturated rings. The molecule has 1 aliphatic rings. The number of hydrogen-bond acceptors (Lipinski definition) is 7. The molecule has 0 bridgehead atoms. The van der Waals surface area contributed by atoms with Crippen LogP contribution in [0.25, 0.3) is 0 Å². The minimum Gasteiger partial charge on any atom is -0.489 e. The van der Waals surface area contributed by atoms with E-state index in [9.17, 15) is 26.7 Å². The number of carbonyl (C=O) groups is 1. The average Bonchev–Trinajstić information content (AvgIpc) is 3.15. The summed E-state index contributed by atoms with van der Waals surface area (Å²) in [4.78, 5) is 21.6. The van der Waals surface area contributed by atoms with Gasteiger partial charge in [0.05, 0.1) is 36.9 Å². The van der Waals surface area contributed by atoms with Crippen molar-refractivity contribution in [1.29, 1.82) is 0 Å². The molecule has 1 saturated heterocycles. The second-order valence-electron chi connectivity index (χ2n) is 6.89. The van der Waals surface area contributed by atoms with Crippen molar-refractivity contribution in [2.75, 3.05) is 24.7 Å². The fourth-order valence-electron chi connectivity index (χ4n) is 3.25. The molecule has 7 nitrogen and oxygen atoms in total. The molecule has 32 heavy (non-hydrogen) atoms. The maximum atomic E-state index is 12.7. The van der Waals surface area contributed by atoms with E-state index >= 15 is 0 Å². The van der Waals surface area contributed by atoms with E-state index in [1.165, 1.54) is 24.5 Å². The lowest BCUT2D eigenvalue weighted by Gasteiger charge is -2.23. The Labute approximate surface area is 180 Å². The molecule has 12 heteroatoms. The smallest absolute Gasteiger partial charge is 0.416 e. The van der Waals surface area contributed by atoms with Gasteiger partial charge in [0.2, 0.25) is 5.95 Å². The zero-order valence-corrected chi connectivity index (χ0v) is 16.9. The minimum absolute atomic E-state index is 0.132. The topological polar surface area (TPSA) is 73.8 Å². The van der Waals surface area contributed by atoms with Crippen LogP contribution in [0.15, 0.2) is 36.7 Å². The summed E-state index contributed by atoms with van der Waals surface area (Å²) in [5.41, 5.74) is -0.677. The third kappa shape index (κ3) is 6.02. The predicted octanol–water partition coefficient (Wildman–Crippen LogP) is 3.94. The highest BCUT2D eigenvalue weighted by atomic mass is 19.4. The molecular weight excluding hydrogens is 441 g/mol. The molecule has 1 aliphatic heterocycles. The summed E-state index contributed by atoms with van der Waals surface area (Å²) in [6.07, 6.45) is -2.24. The maximum Gasteiger partial charge on any atom is 0.416 e. The Balaban J connectivity index is 1.72. The quantitative estimate of drug-likeness (QED) is 0.436. The van der Waals surface area contributed by atoms with E-state index in [4.69, 9.17) is 9.47 Å². The molecule has 2 heterocycles. The van der Waals surface area contributed by atoms with Crippen LogP contribution in [0, 0.1) is 0 Å². The maximum absolute atomic E-state index is 12.7. The van der Waals surface area contributed by atoms with Gasteiger partial charge in [-0.05, 0) is 31.2 Å². The van der Waals surface area contributed by atoms with Gasteiger partial charge in [-0.3, -0.25) is 0 Å². The van der Waals surface area contributed by atoms with Crippen LogP contribution in [0.5, 0.6) is 5.75 Å². The first-order valence-corrected chi connectivity index (χ1v) is 9.66. The van der Waals surface area contributed by atoms with Crippen molar-refractivity contribution in [3.8, 4) is 5.75 Å². The van der Waals surface area contributed by atoms with E-state index in [1.807, 2.05) is 0 Å². The van der Waals surface area contributed by atoms with E-state index in [0.717, 1.165) is 12.1 Å². The number of esters is 1. The van der Waals surface area contributed by atoms with Crippen LogP contribution in [0.1, 0.15) is 29.3 Å². The molecule has 3 rings (SSSR count). The van der Waals surface area contributed by atoms with Gasteiger partial charge in [0.25, 0.3) is 0 Å². The zero-order chi connectivity index (χ0) is 23.3. The fraction of sp³-hybridized carbons (Fsp3) is 0.450. The Morgan fingerprint density at radius 1 is 1.19 bits per heavy atom. The summed E-state index contributed by atoms with van der Waals surface area (Å²) in [5.74, 6) is -0.224. The highest BCUT2D eigenvalue weighted by Gasteiger charge is 2.36. The van der Waals surface area contributed by atoms with Crippen molar-refractivity contribution in [2.24, 2.45) is 0 Å². The van der Waals surface area contributed by atoms with Crippen molar-refractivity contribution in [1.82, 2.24) is 9.97 Å². The van der Waals surface area contributed by atoms with Crippen LogP contribution in [0.4, 0.5) is 27.9 Å². The molecule has 0 saturated carbocycles. The number of benzene rings is 1. The molecule has 174 valence electrons. The van der Waals surface area contributed by atoms with Gasteiger partial charge in [-0.2, -0.15) is 22.0 Å². The van der Waals surface area contributed by atoms with Gasteiger partial charge >= 0.3 is 18.8 Å². The van der Waals surface area contributed by atoms with E-state index in [2.05, 4.69) is 14.7 Å². The number of alkyl halides is 5. The second kappa shape index (κ2) is 10.1. The molecule has 0 radical (unpaired) electrons. The van der Waals surface area contributed by atoms with Crippen LogP contribution in [-0.2, 0) is 15.7 Å². The first-order valence-electron chi connectivity index (χ1n) is 9.66. The molecule has 0 aliphatic carbocycles. The Morgan fingerprint density at radius 2 is 1.84 bits per heavy atom. The largest absolute Gasteiger partial charge is 0.489 e. The summed E-state index contributed by atoms with van der Waals surface area (Å²) in [6, 6.07) is 3.62. The standard InChI is InChI=1S/C20H20F5N3O4/c1-2-30-17(29)12-8-26-19(27-9-12)28-10-16(7-14(28)11-31-18(21)22)32-15-5-3-13(4-6-15)20(23,24)25/h3-6,8-9,14,16,18H,2,7,10-11H2,1H3/t14-,16-/m0/s1. The SMILES string of the molecule is CCOC(=O)c1cnc(N2C[C@@H](Oc3ccc(C(F)(F)F)cc3)C[C@H]2COC(F)F)nc1. The van der Waals surface area contributed by atoms with E-state index < -0.39 is 36.5 Å². The van der Waals surface area contributed by atoms with Crippen molar-refractivity contribution >= 4 is 11.9 Å². The number of aromatic nitrogens is 2. The number of halogens is 5. The Morgan fingerprint density at radius 3 is 2.41 bits per heavy atom. The summed E-state index contributed by atoms with van der Waals surface area (Å²) < 4.78 is 78.3. The average molecular weight is 461 g/mol. The lowest BCUT2D eigenvalue weighted by molar-refractivity contribution is -0.137. The predicted molar refractivity (Wildman–Crippen MR) is 102 cm³/mol. The number of nitrogens with zero attached hydrogens (tertiary/aromatic N) is 3. The Bertz CT molecular complexity index is 894. The Hall–Kier alpha value is -3.02. The van der Waals surface area contributed by atoms with Gasteiger partial charge in [0.15, 0.2) is 0 Å². The van der Waals surface area contributed by atoms with E-state index in [0.29, 0.717) is 0 Å². The van der Waals surface area contributed by atoms with Crippen LogP contribution in [-0.4, -0.2) is 54.5 Å². The van der Waals surface area contributed by atoms with Gasteiger partial charge < -0.3 is 19.1 Å². The van der Waals surface area contributed by atoms with Crippen LogP contribution in [0.2, 0.25) is 0 Å². The van der Waals surface area contributed by atoms with E-state index in [-0.39, 0.29) is 43.4 Å². The molecule has 2 atom stereocenters. The van der Waals surface area contributed by atoms with E-state index in [1.54, 1.807) is 11.8 Å². The molecule has 1 aromatic heterocycles. The molecule has 0 spiro atoms. The van der Waals surface area contributed by atoms with Gasteiger partial charge in [0, 0.05) is 18.8 Å². The summed E-state index contributed by atoms with van der Waals surface area (Å²) in [7, 11) is 0. The molecule has 1 aromatic carbocycles. The summed E-state index contributed by atoms with van der Waals surface area (Å²) >= 11 is 0. The number of ether oxygens (including phenoxy) is 3.